The van der Waals surface area contributed by atoms with E-state index in [0.29, 0.717) is 12.2 Å². The number of ether oxygens (including phenoxy) is 1. The summed E-state index contributed by atoms with van der Waals surface area (Å²) in [5, 5.41) is 7.05. The number of aromatic nitrogens is 2. The van der Waals surface area contributed by atoms with E-state index < -0.39 is 5.97 Å². The van der Waals surface area contributed by atoms with Crippen LogP contribution in [0.25, 0.3) is 0 Å². The lowest BCUT2D eigenvalue weighted by Gasteiger charge is -2.27. The molecule has 0 saturated carbocycles. The number of methoxy groups -OCH3 is 1. The number of carbonyl (C=O) groups excluding carboxylic acids is 3. The lowest BCUT2D eigenvalue weighted by molar-refractivity contribution is -0.122. The predicted molar refractivity (Wildman–Crippen MR) is 99.6 cm³/mol. The molecular weight excluding hydrogens is 348 g/mol. The van der Waals surface area contributed by atoms with Gasteiger partial charge in [-0.1, -0.05) is 12.1 Å². The predicted octanol–water partition coefficient (Wildman–Crippen LogP) is 2.13. The van der Waals surface area contributed by atoms with Gasteiger partial charge in [0.2, 0.25) is 11.8 Å². The lowest BCUT2D eigenvalue weighted by atomic mass is 10.1. The molecule has 8 nitrogen and oxygen atoms in total. The summed E-state index contributed by atoms with van der Waals surface area (Å²) in [7, 11) is 1.28. The Balaban J connectivity index is 1.60. The SMILES string of the molecule is COC(=O)c1ccccc1NC(=O)CCC(=O)N1CCCn2nc(C)cc21. The number of anilines is 2. The van der Waals surface area contributed by atoms with Crippen LogP contribution in [0.4, 0.5) is 11.5 Å². The fraction of sp³-hybridized carbons (Fsp3) is 0.368. The number of hydrogen-bond donors (Lipinski definition) is 1. The van der Waals surface area contributed by atoms with Crippen molar-refractivity contribution in [2.75, 3.05) is 23.9 Å². The van der Waals surface area contributed by atoms with Gasteiger partial charge in [-0.25, -0.2) is 9.48 Å². The lowest BCUT2D eigenvalue weighted by Crippen LogP contribution is -2.37. The van der Waals surface area contributed by atoms with Gasteiger partial charge in [0.15, 0.2) is 0 Å². The number of esters is 1. The van der Waals surface area contributed by atoms with Crippen LogP contribution in [0, 0.1) is 6.92 Å². The molecule has 0 radical (unpaired) electrons. The van der Waals surface area contributed by atoms with E-state index in [2.05, 4.69) is 10.4 Å². The Morgan fingerprint density at radius 3 is 2.74 bits per heavy atom. The third kappa shape index (κ3) is 4.16. The van der Waals surface area contributed by atoms with Crippen LogP contribution in [0.15, 0.2) is 30.3 Å². The van der Waals surface area contributed by atoms with E-state index in [-0.39, 0.29) is 30.2 Å². The number of aryl methyl sites for hydroxylation is 2. The first-order valence-corrected chi connectivity index (χ1v) is 8.81. The monoisotopic (exact) mass is 370 g/mol. The van der Waals surface area contributed by atoms with E-state index in [4.69, 9.17) is 4.74 Å². The molecule has 0 atom stereocenters. The second-order valence-electron chi connectivity index (χ2n) is 6.35. The molecule has 2 heterocycles. The molecule has 1 aliphatic heterocycles. The van der Waals surface area contributed by atoms with Gasteiger partial charge in [0.1, 0.15) is 5.82 Å². The average molecular weight is 370 g/mol. The molecule has 0 unspecified atom stereocenters. The molecule has 0 aliphatic carbocycles. The van der Waals surface area contributed by atoms with Gasteiger partial charge >= 0.3 is 5.97 Å². The van der Waals surface area contributed by atoms with Gasteiger partial charge in [0.05, 0.1) is 24.1 Å². The van der Waals surface area contributed by atoms with Crippen molar-refractivity contribution in [3.63, 3.8) is 0 Å². The highest BCUT2D eigenvalue weighted by atomic mass is 16.5. The highest BCUT2D eigenvalue weighted by Gasteiger charge is 2.24. The van der Waals surface area contributed by atoms with Crippen molar-refractivity contribution in [2.24, 2.45) is 0 Å². The second kappa shape index (κ2) is 8.03. The van der Waals surface area contributed by atoms with Gasteiger partial charge in [0.25, 0.3) is 0 Å². The Bertz CT molecular complexity index is 874. The molecule has 1 aliphatic rings. The third-order valence-corrected chi connectivity index (χ3v) is 4.38. The maximum Gasteiger partial charge on any atom is 0.339 e. The van der Waals surface area contributed by atoms with E-state index in [9.17, 15) is 14.4 Å². The number of nitrogens with one attached hydrogen (secondary N) is 1. The summed E-state index contributed by atoms with van der Waals surface area (Å²) in [5.74, 6) is -0.201. The molecule has 0 bridgehead atoms. The summed E-state index contributed by atoms with van der Waals surface area (Å²) < 4.78 is 6.53. The number of nitrogens with zero attached hydrogens (tertiary/aromatic N) is 3. The van der Waals surface area contributed by atoms with Gasteiger partial charge in [0, 0.05) is 32.0 Å². The average Bonchev–Trinajstić information content (AvgIpc) is 3.06. The minimum atomic E-state index is -0.529. The van der Waals surface area contributed by atoms with E-state index >= 15 is 0 Å². The van der Waals surface area contributed by atoms with Crippen molar-refractivity contribution in [1.82, 2.24) is 9.78 Å². The molecule has 142 valence electrons. The maximum absolute atomic E-state index is 12.6. The Kier molecular flexibility index (Phi) is 5.54. The maximum atomic E-state index is 12.6. The van der Waals surface area contributed by atoms with Gasteiger partial charge in [-0.15, -0.1) is 0 Å². The minimum absolute atomic E-state index is 0.0258. The Hall–Kier alpha value is -3.16. The van der Waals surface area contributed by atoms with Crippen LogP contribution in [0.1, 0.15) is 35.3 Å². The minimum Gasteiger partial charge on any atom is -0.465 e. The van der Waals surface area contributed by atoms with Gasteiger partial charge in [-0.3, -0.25) is 14.5 Å². The first-order chi connectivity index (χ1) is 13.0. The number of benzene rings is 1. The van der Waals surface area contributed by atoms with Crippen molar-refractivity contribution in [3.8, 4) is 0 Å². The van der Waals surface area contributed by atoms with E-state index in [1.54, 1.807) is 29.2 Å². The molecule has 1 N–H and O–H groups in total. The molecule has 8 heteroatoms. The van der Waals surface area contributed by atoms with Crippen molar-refractivity contribution in [1.29, 1.82) is 0 Å². The first-order valence-electron chi connectivity index (χ1n) is 8.81. The standard InChI is InChI=1S/C19H22N4O4/c1-13-12-17-22(10-5-11-23(17)21-13)18(25)9-8-16(24)20-15-7-4-3-6-14(15)19(26)27-2/h3-4,6-7,12H,5,8-11H2,1-2H3,(H,20,24). The zero-order chi connectivity index (χ0) is 19.4. The van der Waals surface area contributed by atoms with Crippen molar-refractivity contribution >= 4 is 29.3 Å². The molecule has 3 rings (SSSR count). The van der Waals surface area contributed by atoms with Gasteiger partial charge in [-0.05, 0) is 25.5 Å². The van der Waals surface area contributed by atoms with Gasteiger partial charge < -0.3 is 10.1 Å². The topological polar surface area (TPSA) is 93.5 Å². The summed E-state index contributed by atoms with van der Waals surface area (Å²) in [6.45, 7) is 3.30. The van der Waals surface area contributed by atoms with Crippen LogP contribution >= 0.6 is 0 Å². The summed E-state index contributed by atoms with van der Waals surface area (Å²) >= 11 is 0. The quantitative estimate of drug-likeness (QED) is 0.814. The normalized spacial score (nSPS) is 13.0. The van der Waals surface area contributed by atoms with E-state index in [1.165, 1.54) is 7.11 Å². The van der Waals surface area contributed by atoms with E-state index in [0.717, 1.165) is 24.5 Å². The van der Waals surface area contributed by atoms with Gasteiger partial charge in [-0.2, -0.15) is 5.10 Å². The van der Waals surface area contributed by atoms with Crippen LogP contribution in [-0.4, -0.2) is 41.2 Å². The van der Waals surface area contributed by atoms with Crippen molar-refractivity contribution < 1.29 is 19.1 Å². The second-order valence-corrected chi connectivity index (χ2v) is 6.35. The smallest absolute Gasteiger partial charge is 0.339 e. The van der Waals surface area contributed by atoms with E-state index in [1.807, 2.05) is 17.7 Å². The summed E-state index contributed by atoms with van der Waals surface area (Å²) in [6.07, 6.45) is 0.937. The van der Waals surface area contributed by atoms with Crippen molar-refractivity contribution in [3.05, 3.63) is 41.6 Å². The van der Waals surface area contributed by atoms with Crippen LogP contribution in [0.3, 0.4) is 0 Å². The zero-order valence-corrected chi connectivity index (χ0v) is 15.4. The number of carbonyl (C=O) groups is 3. The number of fused-ring (bicyclic) bond motifs is 1. The molecule has 1 aromatic heterocycles. The zero-order valence-electron chi connectivity index (χ0n) is 15.4. The van der Waals surface area contributed by atoms with Crippen LogP contribution < -0.4 is 10.2 Å². The number of amides is 2. The number of rotatable bonds is 5. The molecule has 1 aromatic carbocycles. The molecular formula is C19H22N4O4. The summed E-state index contributed by atoms with van der Waals surface area (Å²) in [5.41, 5.74) is 1.51. The Morgan fingerprint density at radius 1 is 1.19 bits per heavy atom. The Labute approximate surface area is 157 Å². The fourth-order valence-corrected chi connectivity index (χ4v) is 3.11. The highest BCUT2D eigenvalue weighted by molar-refractivity contribution is 6.02. The molecule has 27 heavy (non-hydrogen) atoms. The number of hydrogen-bond acceptors (Lipinski definition) is 5. The van der Waals surface area contributed by atoms with Crippen LogP contribution in [0.5, 0.6) is 0 Å². The summed E-state index contributed by atoms with van der Waals surface area (Å²) in [4.78, 5) is 38.3. The molecule has 2 aromatic rings. The van der Waals surface area contributed by atoms with Crippen LogP contribution in [0.2, 0.25) is 0 Å². The number of para-hydroxylation sites is 1. The third-order valence-electron chi connectivity index (χ3n) is 4.38. The molecule has 0 fully saturated rings. The molecule has 2 amide bonds. The fourth-order valence-electron chi connectivity index (χ4n) is 3.11. The van der Waals surface area contributed by atoms with Crippen LogP contribution in [-0.2, 0) is 20.9 Å². The Morgan fingerprint density at radius 2 is 1.96 bits per heavy atom. The first kappa shape index (κ1) is 18.6. The summed E-state index contributed by atoms with van der Waals surface area (Å²) in [6, 6.07) is 8.48. The highest BCUT2D eigenvalue weighted by Crippen LogP contribution is 2.23. The molecule has 0 saturated heterocycles. The molecule has 0 spiro atoms. The largest absolute Gasteiger partial charge is 0.465 e. The van der Waals surface area contributed by atoms with Crippen molar-refractivity contribution in [2.45, 2.75) is 32.7 Å².